The third-order valence-corrected chi connectivity index (χ3v) is 3.86. The number of amides is 1. The molecule has 5 heteroatoms. The molecule has 0 atom stereocenters. The number of likely N-dealkylation sites (N-methyl/N-ethyl adjacent to an activating group) is 1. The lowest BCUT2D eigenvalue weighted by molar-refractivity contribution is 0.0797. The van der Waals surface area contributed by atoms with E-state index in [2.05, 4.69) is 11.1 Å². The Labute approximate surface area is 115 Å². The Balaban J connectivity index is 1.99. The largest absolute Gasteiger partial charge is 0.341 e. The predicted octanol–water partition coefficient (Wildman–Crippen LogP) is 3.11. The highest BCUT2D eigenvalue weighted by atomic mass is 35.5. The minimum atomic E-state index is -0.0704. The molecule has 2 aromatic rings. The van der Waals surface area contributed by atoms with Crippen LogP contribution in [0.3, 0.4) is 0 Å². The first-order chi connectivity index (χ1) is 8.68. The molecular weight excluding hydrogens is 268 g/mol. The highest BCUT2D eigenvalue weighted by Gasteiger charge is 2.14. The van der Waals surface area contributed by atoms with Crippen LogP contribution in [0.25, 0.3) is 0 Å². The van der Waals surface area contributed by atoms with Gasteiger partial charge in [-0.25, -0.2) is 0 Å². The molecule has 94 valence electrons. The molecule has 0 unspecified atom stereocenters. The Bertz CT molecular complexity index is 528. The van der Waals surface area contributed by atoms with Gasteiger partial charge in [-0.3, -0.25) is 9.78 Å². The second kappa shape index (κ2) is 5.98. The molecule has 2 aromatic heterocycles. The number of pyridine rings is 1. The Hall–Kier alpha value is -1.39. The molecular formula is C13H13ClN2OS. The van der Waals surface area contributed by atoms with Gasteiger partial charge in [0.2, 0.25) is 0 Å². The van der Waals surface area contributed by atoms with Crippen LogP contribution in [-0.4, -0.2) is 29.4 Å². The summed E-state index contributed by atoms with van der Waals surface area (Å²) in [6, 6.07) is 5.73. The van der Waals surface area contributed by atoms with Crippen LogP contribution in [0.4, 0.5) is 0 Å². The zero-order valence-electron chi connectivity index (χ0n) is 9.97. The Morgan fingerprint density at radius 2 is 2.33 bits per heavy atom. The number of aromatic nitrogens is 1. The molecule has 0 spiro atoms. The van der Waals surface area contributed by atoms with Gasteiger partial charge in [-0.15, -0.1) is 11.3 Å². The summed E-state index contributed by atoms with van der Waals surface area (Å²) in [7, 11) is 1.78. The Kier molecular flexibility index (Phi) is 4.33. The monoisotopic (exact) mass is 280 g/mol. The van der Waals surface area contributed by atoms with E-state index >= 15 is 0 Å². The number of thiophene rings is 1. The first-order valence-corrected chi connectivity index (χ1v) is 6.81. The molecule has 0 saturated heterocycles. The van der Waals surface area contributed by atoms with Crippen molar-refractivity contribution in [1.82, 2.24) is 9.88 Å². The van der Waals surface area contributed by atoms with Crippen molar-refractivity contribution in [1.29, 1.82) is 0 Å². The van der Waals surface area contributed by atoms with Crippen molar-refractivity contribution in [2.24, 2.45) is 0 Å². The topological polar surface area (TPSA) is 33.2 Å². The van der Waals surface area contributed by atoms with Crippen LogP contribution >= 0.6 is 22.9 Å². The minimum absolute atomic E-state index is 0.0704. The highest BCUT2D eigenvalue weighted by molar-refractivity contribution is 7.09. The first-order valence-electron chi connectivity index (χ1n) is 5.56. The van der Waals surface area contributed by atoms with E-state index in [4.69, 9.17) is 11.6 Å². The van der Waals surface area contributed by atoms with Crippen LogP contribution in [0, 0.1) is 0 Å². The van der Waals surface area contributed by atoms with Gasteiger partial charge in [0.25, 0.3) is 5.91 Å². The second-order valence-electron chi connectivity index (χ2n) is 3.91. The fourth-order valence-corrected chi connectivity index (χ4v) is 2.49. The average Bonchev–Trinajstić information content (AvgIpc) is 2.89. The SMILES string of the molecule is CN(CCc1cccs1)C(=O)c1ccncc1Cl. The van der Waals surface area contributed by atoms with E-state index in [0.717, 1.165) is 6.42 Å². The van der Waals surface area contributed by atoms with Crippen LogP contribution in [0.1, 0.15) is 15.2 Å². The van der Waals surface area contributed by atoms with Gasteiger partial charge in [0.15, 0.2) is 0 Å². The fraction of sp³-hybridized carbons (Fsp3) is 0.231. The highest BCUT2D eigenvalue weighted by Crippen LogP contribution is 2.16. The molecule has 1 amide bonds. The molecule has 0 N–H and O–H groups in total. The summed E-state index contributed by atoms with van der Waals surface area (Å²) < 4.78 is 0. The summed E-state index contributed by atoms with van der Waals surface area (Å²) in [4.78, 5) is 19.0. The third kappa shape index (κ3) is 3.09. The quantitative estimate of drug-likeness (QED) is 0.862. The van der Waals surface area contributed by atoms with Gasteiger partial charge in [-0.2, -0.15) is 0 Å². The van der Waals surface area contributed by atoms with E-state index in [1.807, 2.05) is 11.4 Å². The molecule has 2 rings (SSSR count). The van der Waals surface area contributed by atoms with Crippen molar-refractivity contribution in [3.05, 3.63) is 51.4 Å². The molecule has 0 aliphatic heterocycles. The summed E-state index contributed by atoms with van der Waals surface area (Å²) in [5.74, 6) is -0.0704. The van der Waals surface area contributed by atoms with Gasteiger partial charge in [0.1, 0.15) is 0 Å². The van der Waals surface area contributed by atoms with Crippen molar-refractivity contribution in [2.45, 2.75) is 6.42 Å². The van der Waals surface area contributed by atoms with Crippen molar-refractivity contribution in [3.63, 3.8) is 0 Å². The van der Waals surface area contributed by atoms with Gasteiger partial charge in [0.05, 0.1) is 10.6 Å². The normalized spacial score (nSPS) is 10.3. The van der Waals surface area contributed by atoms with Gasteiger partial charge in [-0.1, -0.05) is 17.7 Å². The van der Waals surface area contributed by atoms with Crippen molar-refractivity contribution in [2.75, 3.05) is 13.6 Å². The van der Waals surface area contributed by atoms with E-state index in [1.165, 1.54) is 11.1 Å². The minimum Gasteiger partial charge on any atom is -0.341 e. The number of halogens is 1. The molecule has 0 aromatic carbocycles. The fourth-order valence-electron chi connectivity index (χ4n) is 1.59. The number of rotatable bonds is 4. The van der Waals surface area contributed by atoms with Gasteiger partial charge >= 0.3 is 0 Å². The van der Waals surface area contributed by atoms with Gasteiger partial charge in [0, 0.05) is 30.9 Å². The summed E-state index contributed by atoms with van der Waals surface area (Å²) in [6.07, 6.45) is 3.93. The van der Waals surface area contributed by atoms with E-state index in [1.54, 1.807) is 35.5 Å². The summed E-state index contributed by atoms with van der Waals surface area (Å²) in [5, 5.41) is 2.43. The molecule has 0 aliphatic carbocycles. The first kappa shape index (κ1) is 13.1. The van der Waals surface area contributed by atoms with Crippen LogP contribution in [0.2, 0.25) is 5.02 Å². The summed E-state index contributed by atoms with van der Waals surface area (Å²) in [6.45, 7) is 0.679. The molecule has 0 saturated carbocycles. The van der Waals surface area contributed by atoms with E-state index in [9.17, 15) is 4.79 Å². The Morgan fingerprint density at radius 1 is 1.50 bits per heavy atom. The molecule has 0 fully saturated rings. The maximum absolute atomic E-state index is 12.1. The number of carbonyl (C=O) groups is 1. The predicted molar refractivity (Wildman–Crippen MR) is 74.2 cm³/mol. The van der Waals surface area contributed by atoms with Crippen LogP contribution < -0.4 is 0 Å². The Morgan fingerprint density at radius 3 is 3.00 bits per heavy atom. The summed E-state index contributed by atoms with van der Waals surface area (Å²) >= 11 is 7.66. The van der Waals surface area contributed by atoms with E-state index in [-0.39, 0.29) is 5.91 Å². The lowest BCUT2D eigenvalue weighted by Gasteiger charge is -2.17. The number of hydrogen-bond acceptors (Lipinski definition) is 3. The van der Waals surface area contributed by atoms with Gasteiger partial charge in [-0.05, 0) is 23.9 Å². The van der Waals surface area contributed by atoms with Crippen LogP contribution in [0.15, 0.2) is 36.0 Å². The molecule has 0 radical (unpaired) electrons. The maximum atomic E-state index is 12.1. The molecule has 18 heavy (non-hydrogen) atoms. The molecule has 2 heterocycles. The average molecular weight is 281 g/mol. The third-order valence-electron chi connectivity index (χ3n) is 2.62. The summed E-state index contributed by atoms with van der Waals surface area (Å²) in [5.41, 5.74) is 0.500. The zero-order valence-corrected chi connectivity index (χ0v) is 11.5. The lowest BCUT2D eigenvalue weighted by atomic mass is 10.2. The number of carbonyl (C=O) groups excluding carboxylic acids is 1. The standard InChI is InChI=1S/C13H13ClN2OS/c1-16(7-5-10-3-2-8-18-10)13(17)11-4-6-15-9-12(11)14/h2-4,6,8-9H,5,7H2,1H3. The maximum Gasteiger partial charge on any atom is 0.255 e. The number of nitrogens with zero attached hydrogens (tertiary/aromatic N) is 2. The van der Waals surface area contributed by atoms with E-state index < -0.39 is 0 Å². The van der Waals surface area contributed by atoms with Crippen LogP contribution in [0.5, 0.6) is 0 Å². The molecule has 3 nitrogen and oxygen atoms in total. The van der Waals surface area contributed by atoms with Crippen LogP contribution in [-0.2, 0) is 6.42 Å². The van der Waals surface area contributed by atoms with E-state index in [0.29, 0.717) is 17.1 Å². The van der Waals surface area contributed by atoms with Crippen molar-refractivity contribution in [3.8, 4) is 0 Å². The molecule has 0 aliphatic rings. The van der Waals surface area contributed by atoms with Crippen molar-refractivity contribution >= 4 is 28.8 Å². The van der Waals surface area contributed by atoms with Gasteiger partial charge < -0.3 is 4.90 Å². The van der Waals surface area contributed by atoms with Crippen molar-refractivity contribution < 1.29 is 4.79 Å². The second-order valence-corrected chi connectivity index (χ2v) is 5.35. The lowest BCUT2D eigenvalue weighted by Crippen LogP contribution is -2.28. The number of hydrogen-bond donors (Lipinski definition) is 0. The smallest absolute Gasteiger partial charge is 0.255 e. The molecule has 0 bridgehead atoms. The zero-order chi connectivity index (χ0) is 13.0.